The second kappa shape index (κ2) is 9.21. The number of anilines is 1. The molecule has 4 aromatic rings. The standard InChI is InChI=1S/C21H23N7O2S2/c1-5-30-20(29)17-12(4)16-18(22)23-15(24-19(16)32-17)10-31-21-25-26-27-28(21)14-8-6-13(7-9-14)11(2)3/h6-9,11H,5,10H2,1-4H3,(H2,22,23,24). The number of nitrogens with two attached hydrogens (primary N) is 1. The van der Waals surface area contributed by atoms with E-state index in [1.165, 1.54) is 28.7 Å². The zero-order valence-electron chi connectivity index (χ0n) is 18.2. The van der Waals surface area contributed by atoms with Gasteiger partial charge in [-0.25, -0.2) is 14.8 Å². The number of thiophene rings is 1. The lowest BCUT2D eigenvalue weighted by molar-refractivity contribution is 0.0531. The lowest BCUT2D eigenvalue weighted by Crippen LogP contribution is -2.04. The fourth-order valence-electron chi connectivity index (χ4n) is 3.23. The molecule has 0 unspecified atom stereocenters. The highest BCUT2D eigenvalue weighted by Gasteiger charge is 2.21. The van der Waals surface area contributed by atoms with Gasteiger partial charge in [-0.05, 0) is 53.5 Å². The Hall–Kier alpha value is -3.05. The number of benzene rings is 1. The topological polar surface area (TPSA) is 122 Å². The maximum absolute atomic E-state index is 12.2. The summed E-state index contributed by atoms with van der Waals surface area (Å²) in [6, 6.07) is 8.16. The number of rotatable bonds is 7. The molecular weight excluding hydrogens is 446 g/mol. The predicted molar refractivity (Wildman–Crippen MR) is 125 cm³/mol. The van der Waals surface area contributed by atoms with Crippen LogP contribution in [0, 0.1) is 6.92 Å². The van der Waals surface area contributed by atoms with Crippen LogP contribution in [0.2, 0.25) is 0 Å². The van der Waals surface area contributed by atoms with E-state index in [1.807, 2.05) is 19.1 Å². The zero-order valence-corrected chi connectivity index (χ0v) is 19.8. The number of ether oxygens (including phenoxy) is 1. The second-order valence-electron chi connectivity index (χ2n) is 7.39. The van der Waals surface area contributed by atoms with Crippen LogP contribution in [-0.4, -0.2) is 42.8 Å². The van der Waals surface area contributed by atoms with Crippen molar-refractivity contribution < 1.29 is 9.53 Å². The number of carbonyl (C=O) groups is 1. The summed E-state index contributed by atoms with van der Waals surface area (Å²) in [5.74, 6) is 1.40. The van der Waals surface area contributed by atoms with Crippen LogP contribution in [-0.2, 0) is 10.5 Å². The maximum atomic E-state index is 12.2. The molecule has 0 aliphatic rings. The number of aryl methyl sites for hydroxylation is 1. The molecule has 0 atom stereocenters. The van der Waals surface area contributed by atoms with Gasteiger partial charge in [0, 0.05) is 0 Å². The van der Waals surface area contributed by atoms with E-state index in [1.54, 1.807) is 11.6 Å². The lowest BCUT2D eigenvalue weighted by Gasteiger charge is -2.08. The Kier molecular flexibility index (Phi) is 6.38. The highest BCUT2D eigenvalue weighted by atomic mass is 32.2. The summed E-state index contributed by atoms with van der Waals surface area (Å²) in [5.41, 5.74) is 9.08. The van der Waals surface area contributed by atoms with Crippen LogP contribution in [0.5, 0.6) is 0 Å². The molecule has 0 amide bonds. The van der Waals surface area contributed by atoms with E-state index in [-0.39, 0.29) is 5.97 Å². The molecule has 0 aliphatic heterocycles. The Balaban J connectivity index is 1.56. The Bertz CT molecular complexity index is 1270. The molecule has 11 heteroatoms. The summed E-state index contributed by atoms with van der Waals surface area (Å²) >= 11 is 2.68. The molecular formula is C21H23N7O2S2. The summed E-state index contributed by atoms with van der Waals surface area (Å²) < 4.78 is 6.82. The minimum Gasteiger partial charge on any atom is -0.462 e. The molecule has 166 valence electrons. The highest BCUT2D eigenvalue weighted by molar-refractivity contribution is 7.98. The van der Waals surface area contributed by atoms with Crippen molar-refractivity contribution in [1.29, 1.82) is 0 Å². The number of hydrogen-bond donors (Lipinski definition) is 1. The summed E-state index contributed by atoms with van der Waals surface area (Å²) in [7, 11) is 0. The van der Waals surface area contributed by atoms with Crippen molar-refractivity contribution in [2.45, 2.75) is 44.5 Å². The first kappa shape index (κ1) is 22.2. The maximum Gasteiger partial charge on any atom is 0.348 e. The van der Waals surface area contributed by atoms with Gasteiger partial charge in [0.1, 0.15) is 21.3 Å². The lowest BCUT2D eigenvalue weighted by atomic mass is 10.0. The predicted octanol–water partition coefficient (Wildman–Crippen LogP) is 4.15. The van der Waals surface area contributed by atoms with E-state index in [2.05, 4.69) is 51.5 Å². The van der Waals surface area contributed by atoms with Crippen LogP contribution in [0.1, 0.15) is 53.3 Å². The second-order valence-corrected chi connectivity index (χ2v) is 9.33. The van der Waals surface area contributed by atoms with Gasteiger partial charge in [-0.2, -0.15) is 4.68 Å². The minimum atomic E-state index is -0.369. The molecule has 1 aromatic carbocycles. The van der Waals surface area contributed by atoms with E-state index in [4.69, 9.17) is 10.5 Å². The van der Waals surface area contributed by atoms with Crippen LogP contribution in [0.3, 0.4) is 0 Å². The molecule has 0 aliphatic carbocycles. The van der Waals surface area contributed by atoms with Gasteiger partial charge in [-0.15, -0.1) is 16.4 Å². The first-order chi connectivity index (χ1) is 15.4. The number of carbonyl (C=O) groups excluding carboxylic acids is 1. The molecule has 0 fully saturated rings. The van der Waals surface area contributed by atoms with Crippen molar-refractivity contribution in [2.24, 2.45) is 0 Å². The average Bonchev–Trinajstić information content (AvgIpc) is 3.37. The monoisotopic (exact) mass is 469 g/mol. The van der Waals surface area contributed by atoms with E-state index in [0.29, 0.717) is 50.2 Å². The fourth-order valence-corrected chi connectivity index (χ4v) is 5.08. The fraction of sp³-hybridized carbons (Fsp3) is 0.333. The van der Waals surface area contributed by atoms with Gasteiger partial charge in [0.2, 0.25) is 5.16 Å². The number of hydrogen-bond acceptors (Lipinski definition) is 10. The third-order valence-corrected chi connectivity index (χ3v) is 6.98. The summed E-state index contributed by atoms with van der Waals surface area (Å²) in [5, 5.41) is 13.4. The molecule has 3 heterocycles. The smallest absolute Gasteiger partial charge is 0.348 e. The van der Waals surface area contributed by atoms with Gasteiger partial charge >= 0.3 is 5.97 Å². The van der Waals surface area contributed by atoms with Gasteiger partial charge in [0.05, 0.1) is 23.4 Å². The van der Waals surface area contributed by atoms with Gasteiger partial charge in [-0.1, -0.05) is 37.7 Å². The third-order valence-electron chi connectivity index (χ3n) is 4.90. The van der Waals surface area contributed by atoms with Crippen LogP contribution in [0.15, 0.2) is 29.4 Å². The highest BCUT2D eigenvalue weighted by Crippen LogP contribution is 2.34. The van der Waals surface area contributed by atoms with E-state index >= 15 is 0 Å². The Labute approximate surface area is 193 Å². The molecule has 32 heavy (non-hydrogen) atoms. The summed E-state index contributed by atoms with van der Waals surface area (Å²) in [6.07, 6.45) is 0. The number of nitrogen functional groups attached to an aromatic ring is 1. The molecule has 9 nitrogen and oxygen atoms in total. The van der Waals surface area contributed by atoms with E-state index < -0.39 is 0 Å². The minimum absolute atomic E-state index is 0.310. The molecule has 0 saturated carbocycles. The normalized spacial score (nSPS) is 11.4. The van der Waals surface area contributed by atoms with E-state index in [9.17, 15) is 4.79 Å². The molecule has 0 bridgehead atoms. The van der Waals surface area contributed by atoms with Crippen molar-refractivity contribution in [1.82, 2.24) is 30.2 Å². The number of aromatic nitrogens is 6. The summed E-state index contributed by atoms with van der Waals surface area (Å²) in [6.45, 7) is 8.22. The molecule has 3 aromatic heterocycles. The molecule has 0 saturated heterocycles. The SMILES string of the molecule is CCOC(=O)c1sc2nc(CSc3nnnn3-c3ccc(C(C)C)cc3)nc(N)c2c1C. The van der Waals surface area contributed by atoms with Crippen LogP contribution < -0.4 is 5.73 Å². The van der Waals surface area contributed by atoms with Crippen molar-refractivity contribution in [3.05, 3.63) is 46.1 Å². The largest absolute Gasteiger partial charge is 0.462 e. The number of esters is 1. The Morgan fingerprint density at radius 1 is 1.25 bits per heavy atom. The van der Waals surface area contributed by atoms with Crippen LogP contribution >= 0.6 is 23.1 Å². The molecule has 0 radical (unpaired) electrons. The third kappa shape index (κ3) is 4.30. The van der Waals surface area contributed by atoms with Gasteiger partial charge < -0.3 is 10.5 Å². The van der Waals surface area contributed by atoms with Crippen LogP contribution in [0.4, 0.5) is 5.82 Å². The van der Waals surface area contributed by atoms with Crippen molar-refractivity contribution in [3.63, 3.8) is 0 Å². The van der Waals surface area contributed by atoms with Gasteiger partial charge in [-0.3, -0.25) is 0 Å². The van der Waals surface area contributed by atoms with Crippen molar-refractivity contribution in [3.8, 4) is 5.69 Å². The Morgan fingerprint density at radius 3 is 2.69 bits per heavy atom. The number of fused-ring (bicyclic) bond motifs is 1. The van der Waals surface area contributed by atoms with Gasteiger partial charge in [0.15, 0.2) is 0 Å². The van der Waals surface area contributed by atoms with Crippen molar-refractivity contribution >= 4 is 45.1 Å². The van der Waals surface area contributed by atoms with Crippen molar-refractivity contribution in [2.75, 3.05) is 12.3 Å². The summed E-state index contributed by atoms with van der Waals surface area (Å²) in [4.78, 5) is 22.4. The zero-order chi connectivity index (χ0) is 22.8. The molecule has 0 spiro atoms. The van der Waals surface area contributed by atoms with E-state index in [0.717, 1.165) is 11.3 Å². The van der Waals surface area contributed by atoms with Crippen LogP contribution in [0.25, 0.3) is 15.9 Å². The molecule has 2 N–H and O–H groups in total. The number of thioether (sulfide) groups is 1. The molecule has 4 rings (SSSR count). The average molecular weight is 470 g/mol. The van der Waals surface area contributed by atoms with Gasteiger partial charge in [0.25, 0.3) is 0 Å². The Morgan fingerprint density at radius 2 is 2.00 bits per heavy atom. The first-order valence-electron chi connectivity index (χ1n) is 10.1. The number of nitrogens with zero attached hydrogens (tertiary/aromatic N) is 6. The number of tetrazole rings is 1. The quantitative estimate of drug-likeness (QED) is 0.314. The first-order valence-corrected chi connectivity index (χ1v) is 11.9.